The number of rotatable bonds is 45. The molecular formula is C51H95NO5. The van der Waals surface area contributed by atoms with Crippen LogP contribution in [0.3, 0.4) is 0 Å². The molecule has 2 unspecified atom stereocenters. The molecule has 57 heavy (non-hydrogen) atoms. The Labute approximate surface area is 353 Å². The van der Waals surface area contributed by atoms with Gasteiger partial charge in [0.1, 0.15) is 0 Å². The highest BCUT2D eigenvalue weighted by molar-refractivity contribution is 5.76. The molecule has 0 fully saturated rings. The van der Waals surface area contributed by atoms with Crippen LogP contribution in [0, 0.1) is 0 Å². The van der Waals surface area contributed by atoms with Crippen molar-refractivity contribution in [1.82, 2.24) is 5.32 Å². The van der Waals surface area contributed by atoms with Crippen LogP contribution in [0.4, 0.5) is 0 Å². The van der Waals surface area contributed by atoms with Crippen LogP contribution in [0.15, 0.2) is 36.5 Å². The van der Waals surface area contributed by atoms with E-state index in [2.05, 4.69) is 43.5 Å². The van der Waals surface area contributed by atoms with Gasteiger partial charge in [-0.2, -0.15) is 0 Å². The second-order valence-electron chi connectivity index (χ2n) is 16.8. The van der Waals surface area contributed by atoms with Crippen LogP contribution in [-0.4, -0.2) is 47.4 Å². The zero-order valence-corrected chi connectivity index (χ0v) is 37.8. The fourth-order valence-corrected chi connectivity index (χ4v) is 7.27. The lowest BCUT2D eigenvalue weighted by Crippen LogP contribution is -2.45. The second kappa shape index (κ2) is 46.8. The van der Waals surface area contributed by atoms with Crippen molar-refractivity contribution in [2.45, 2.75) is 264 Å². The van der Waals surface area contributed by atoms with E-state index in [1.54, 1.807) is 6.08 Å². The molecule has 0 radical (unpaired) electrons. The number of unbranched alkanes of at least 4 members (excludes halogenated alkanes) is 30. The van der Waals surface area contributed by atoms with Crippen LogP contribution in [0.5, 0.6) is 0 Å². The van der Waals surface area contributed by atoms with Crippen LogP contribution < -0.4 is 5.32 Å². The molecule has 0 aliphatic heterocycles. The minimum absolute atomic E-state index is 0.0370. The van der Waals surface area contributed by atoms with Gasteiger partial charge in [0.2, 0.25) is 5.91 Å². The molecule has 0 aromatic heterocycles. The number of carbonyl (C=O) groups excluding carboxylic acids is 2. The summed E-state index contributed by atoms with van der Waals surface area (Å²) in [7, 11) is 0. The summed E-state index contributed by atoms with van der Waals surface area (Å²) in [4.78, 5) is 24.4. The summed E-state index contributed by atoms with van der Waals surface area (Å²) < 4.78 is 5.44. The number of ether oxygens (including phenoxy) is 1. The summed E-state index contributed by atoms with van der Waals surface area (Å²) in [5, 5.41) is 22.9. The Bertz CT molecular complexity index is 931. The van der Waals surface area contributed by atoms with Crippen molar-refractivity contribution >= 4 is 11.9 Å². The lowest BCUT2D eigenvalue weighted by Gasteiger charge is -2.20. The average Bonchev–Trinajstić information content (AvgIpc) is 3.21. The van der Waals surface area contributed by atoms with E-state index in [1.165, 1.54) is 141 Å². The van der Waals surface area contributed by atoms with Gasteiger partial charge in [0.25, 0.3) is 0 Å². The third kappa shape index (κ3) is 43.5. The summed E-state index contributed by atoms with van der Waals surface area (Å²) in [6.45, 7) is 4.80. The molecule has 0 saturated heterocycles. The molecule has 2 atom stereocenters. The summed E-state index contributed by atoms with van der Waals surface area (Å²) >= 11 is 0. The Kier molecular flexibility index (Phi) is 45.2. The van der Waals surface area contributed by atoms with Crippen LogP contribution in [0.25, 0.3) is 0 Å². The molecular weight excluding hydrogens is 707 g/mol. The van der Waals surface area contributed by atoms with E-state index >= 15 is 0 Å². The number of nitrogens with one attached hydrogen (secondary N) is 1. The van der Waals surface area contributed by atoms with Gasteiger partial charge in [-0.05, 0) is 83.5 Å². The zero-order valence-electron chi connectivity index (χ0n) is 37.8. The number of amides is 1. The standard InChI is InChI=1S/C51H95NO5/c1-3-5-7-9-11-13-15-16-17-18-19-20-21-25-29-33-37-41-45-51(56)57-46-42-38-34-30-26-22-24-28-32-36-40-44-50(55)52-48(47-53)49(54)43-39-35-31-27-23-14-12-10-8-6-4-2/h17-18,26,30,39,43,48-49,53-54H,3-16,19-25,27-29,31-38,40-42,44-47H2,1-2H3,(H,52,55)/b18-17-,30-26-,43-39+. The predicted molar refractivity (Wildman–Crippen MR) is 246 cm³/mol. The van der Waals surface area contributed by atoms with Crippen molar-refractivity contribution in [1.29, 1.82) is 0 Å². The predicted octanol–water partition coefficient (Wildman–Crippen LogP) is 14.5. The van der Waals surface area contributed by atoms with Gasteiger partial charge >= 0.3 is 5.97 Å². The van der Waals surface area contributed by atoms with Crippen molar-refractivity contribution < 1.29 is 24.5 Å². The molecule has 6 nitrogen and oxygen atoms in total. The Hall–Kier alpha value is -1.92. The molecule has 0 aromatic carbocycles. The highest BCUT2D eigenvalue weighted by Crippen LogP contribution is 2.14. The van der Waals surface area contributed by atoms with Gasteiger partial charge in [-0.25, -0.2) is 0 Å². The molecule has 6 heteroatoms. The van der Waals surface area contributed by atoms with Crippen molar-refractivity contribution in [3.8, 4) is 0 Å². The lowest BCUT2D eigenvalue weighted by atomic mass is 10.1. The molecule has 0 aliphatic rings. The number of hydrogen-bond acceptors (Lipinski definition) is 5. The van der Waals surface area contributed by atoms with E-state index in [0.717, 1.165) is 83.5 Å². The smallest absolute Gasteiger partial charge is 0.305 e. The van der Waals surface area contributed by atoms with Gasteiger partial charge < -0.3 is 20.3 Å². The summed E-state index contributed by atoms with van der Waals surface area (Å²) in [6, 6.07) is -0.648. The van der Waals surface area contributed by atoms with Crippen LogP contribution in [-0.2, 0) is 14.3 Å². The minimum atomic E-state index is -0.861. The summed E-state index contributed by atoms with van der Waals surface area (Å²) in [5.74, 6) is -0.137. The Morgan fingerprint density at radius 1 is 0.474 bits per heavy atom. The molecule has 0 spiro atoms. The number of allylic oxidation sites excluding steroid dienone is 5. The molecule has 0 aromatic rings. The fraction of sp³-hybridized carbons (Fsp3) is 0.843. The van der Waals surface area contributed by atoms with Gasteiger partial charge in [0.05, 0.1) is 25.4 Å². The molecule has 0 rings (SSSR count). The summed E-state index contributed by atoms with van der Waals surface area (Å²) in [5.41, 5.74) is 0. The fourth-order valence-electron chi connectivity index (χ4n) is 7.27. The molecule has 3 N–H and O–H groups in total. The molecule has 334 valence electrons. The molecule has 0 aliphatic carbocycles. The molecule has 0 heterocycles. The summed E-state index contributed by atoms with van der Waals surface area (Å²) in [6.07, 6.45) is 55.7. The Morgan fingerprint density at radius 2 is 0.825 bits per heavy atom. The quantitative estimate of drug-likeness (QED) is 0.0324. The van der Waals surface area contributed by atoms with Crippen molar-refractivity contribution in [3.05, 3.63) is 36.5 Å². The van der Waals surface area contributed by atoms with Crippen molar-refractivity contribution in [3.63, 3.8) is 0 Å². The Balaban J connectivity index is 3.53. The molecule has 0 saturated carbocycles. The molecule has 1 amide bonds. The second-order valence-corrected chi connectivity index (χ2v) is 16.8. The highest BCUT2D eigenvalue weighted by atomic mass is 16.5. The Morgan fingerprint density at radius 3 is 1.25 bits per heavy atom. The van der Waals surface area contributed by atoms with Gasteiger partial charge in [-0.3, -0.25) is 9.59 Å². The van der Waals surface area contributed by atoms with E-state index in [9.17, 15) is 19.8 Å². The van der Waals surface area contributed by atoms with E-state index in [4.69, 9.17) is 4.74 Å². The lowest BCUT2D eigenvalue weighted by molar-refractivity contribution is -0.143. The number of hydrogen-bond donors (Lipinski definition) is 3. The average molecular weight is 802 g/mol. The first-order chi connectivity index (χ1) is 28.0. The first-order valence-electron chi connectivity index (χ1n) is 24.8. The van der Waals surface area contributed by atoms with E-state index < -0.39 is 12.1 Å². The highest BCUT2D eigenvalue weighted by Gasteiger charge is 2.18. The van der Waals surface area contributed by atoms with Gasteiger partial charge in [-0.15, -0.1) is 0 Å². The zero-order chi connectivity index (χ0) is 41.5. The largest absolute Gasteiger partial charge is 0.466 e. The van der Waals surface area contributed by atoms with E-state index in [0.29, 0.717) is 19.4 Å². The number of carbonyl (C=O) groups is 2. The normalized spacial score (nSPS) is 13.0. The minimum Gasteiger partial charge on any atom is -0.466 e. The van der Waals surface area contributed by atoms with Crippen molar-refractivity contribution in [2.75, 3.05) is 13.2 Å². The van der Waals surface area contributed by atoms with Gasteiger partial charge in [0, 0.05) is 12.8 Å². The van der Waals surface area contributed by atoms with Crippen LogP contribution in [0.2, 0.25) is 0 Å². The van der Waals surface area contributed by atoms with Crippen molar-refractivity contribution in [2.24, 2.45) is 0 Å². The maximum atomic E-state index is 12.4. The van der Waals surface area contributed by atoms with Gasteiger partial charge in [-0.1, -0.05) is 192 Å². The molecule has 0 bridgehead atoms. The maximum Gasteiger partial charge on any atom is 0.305 e. The van der Waals surface area contributed by atoms with E-state index in [-0.39, 0.29) is 18.5 Å². The van der Waals surface area contributed by atoms with E-state index in [1.807, 2.05) is 6.08 Å². The van der Waals surface area contributed by atoms with Crippen LogP contribution >= 0.6 is 0 Å². The monoisotopic (exact) mass is 802 g/mol. The third-order valence-electron chi connectivity index (χ3n) is 11.1. The SMILES string of the molecule is CCCCCCCCC/C=C\CCCCCCCCCC(=O)OCCCC/C=C\CCCCCCCC(=O)NC(CO)C(O)/C=C/CCCCCCCCCCC. The van der Waals surface area contributed by atoms with Crippen LogP contribution in [0.1, 0.15) is 251 Å². The number of esters is 1. The third-order valence-corrected chi connectivity index (χ3v) is 11.1. The maximum absolute atomic E-state index is 12.4. The first kappa shape index (κ1) is 55.1. The number of aliphatic hydroxyl groups excluding tert-OH is 2. The number of aliphatic hydroxyl groups is 2. The van der Waals surface area contributed by atoms with Gasteiger partial charge in [0.15, 0.2) is 0 Å². The first-order valence-corrected chi connectivity index (χ1v) is 24.8. The topological polar surface area (TPSA) is 95.9 Å².